The summed E-state index contributed by atoms with van der Waals surface area (Å²) in [7, 11) is 0. The highest BCUT2D eigenvalue weighted by Gasteiger charge is 2.32. The summed E-state index contributed by atoms with van der Waals surface area (Å²) in [6, 6.07) is 10.1. The van der Waals surface area contributed by atoms with Gasteiger partial charge in [-0.2, -0.15) is 0 Å². The Labute approximate surface area is 176 Å². The van der Waals surface area contributed by atoms with Crippen molar-refractivity contribution in [3.63, 3.8) is 0 Å². The van der Waals surface area contributed by atoms with Crippen molar-refractivity contribution in [1.82, 2.24) is 15.2 Å². The van der Waals surface area contributed by atoms with Crippen molar-refractivity contribution >= 4 is 5.91 Å². The summed E-state index contributed by atoms with van der Waals surface area (Å²) in [4.78, 5) is 19.5. The van der Waals surface area contributed by atoms with Crippen LogP contribution in [-0.4, -0.2) is 28.9 Å². The Morgan fingerprint density at radius 1 is 1.07 bits per heavy atom. The number of halogens is 2. The minimum absolute atomic E-state index is 0.104. The standard InChI is InChI=1S/C24H29F2N3O/c25-20-9-5-8-19(22(20)26)16-29-14-11-17(12-15-29)23(21-10-3-4-13-27-21)28-24(30)18-6-1-2-7-18/h3-5,8-10,13,17-18,23H,1-2,6-7,11-12,14-16H2,(H,28,30)/t23-/m0/s1. The number of pyridine rings is 1. The van der Waals surface area contributed by atoms with Crippen LogP contribution in [0.2, 0.25) is 0 Å². The molecule has 1 saturated carbocycles. The van der Waals surface area contributed by atoms with Crippen molar-refractivity contribution in [1.29, 1.82) is 0 Å². The molecule has 4 nitrogen and oxygen atoms in total. The molecule has 1 atom stereocenters. The minimum atomic E-state index is -0.799. The number of hydrogen-bond donors (Lipinski definition) is 1. The number of likely N-dealkylation sites (tertiary alicyclic amines) is 1. The summed E-state index contributed by atoms with van der Waals surface area (Å²) >= 11 is 0. The van der Waals surface area contributed by atoms with Gasteiger partial charge in [0.15, 0.2) is 11.6 Å². The van der Waals surface area contributed by atoms with Crippen molar-refractivity contribution < 1.29 is 13.6 Å². The molecule has 0 radical (unpaired) electrons. The van der Waals surface area contributed by atoms with Crippen LogP contribution in [0.3, 0.4) is 0 Å². The molecule has 1 aromatic heterocycles. The van der Waals surface area contributed by atoms with Crippen LogP contribution in [0, 0.1) is 23.5 Å². The maximum atomic E-state index is 14.0. The molecule has 30 heavy (non-hydrogen) atoms. The smallest absolute Gasteiger partial charge is 0.223 e. The lowest BCUT2D eigenvalue weighted by molar-refractivity contribution is -0.126. The normalized spacial score (nSPS) is 19.7. The number of aromatic nitrogens is 1. The van der Waals surface area contributed by atoms with Crippen LogP contribution in [-0.2, 0) is 11.3 Å². The average molecular weight is 414 g/mol. The molecule has 2 aliphatic rings. The Kier molecular flexibility index (Phi) is 6.72. The van der Waals surface area contributed by atoms with Gasteiger partial charge in [0.1, 0.15) is 0 Å². The first-order chi connectivity index (χ1) is 14.6. The molecule has 2 aromatic rings. The predicted molar refractivity (Wildman–Crippen MR) is 111 cm³/mol. The maximum Gasteiger partial charge on any atom is 0.223 e. The molecule has 6 heteroatoms. The molecule has 2 heterocycles. The Morgan fingerprint density at radius 3 is 2.53 bits per heavy atom. The topological polar surface area (TPSA) is 45.2 Å². The van der Waals surface area contributed by atoms with Crippen LogP contribution >= 0.6 is 0 Å². The second kappa shape index (κ2) is 9.65. The highest BCUT2D eigenvalue weighted by atomic mass is 19.2. The highest BCUT2D eigenvalue weighted by molar-refractivity contribution is 5.79. The van der Waals surface area contributed by atoms with Crippen LogP contribution < -0.4 is 5.32 Å². The molecular weight excluding hydrogens is 384 g/mol. The van der Waals surface area contributed by atoms with E-state index in [4.69, 9.17) is 0 Å². The predicted octanol–water partition coefficient (Wildman–Crippen LogP) is 4.62. The van der Waals surface area contributed by atoms with Crippen molar-refractivity contribution in [3.8, 4) is 0 Å². The molecule has 1 N–H and O–H groups in total. The SMILES string of the molecule is O=C(N[C@H](c1ccccn1)C1CCN(Cc2cccc(F)c2F)CC1)C1CCCC1. The van der Waals surface area contributed by atoms with Crippen molar-refractivity contribution in [2.75, 3.05) is 13.1 Å². The Morgan fingerprint density at radius 2 is 1.83 bits per heavy atom. The molecule has 1 amide bonds. The number of carbonyl (C=O) groups is 1. The first kappa shape index (κ1) is 20.9. The van der Waals surface area contributed by atoms with E-state index in [9.17, 15) is 13.6 Å². The van der Waals surface area contributed by atoms with Crippen LogP contribution in [0.4, 0.5) is 8.78 Å². The number of benzene rings is 1. The number of hydrogen-bond acceptors (Lipinski definition) is 3. The van der Waals surface area contributed by atoms with Gasteiger partial charge >= 0.3 is 0 Å². The number of piperidine rings is 1. The Balaban J connectivity index is 1.41. The molecule has 0 unspecified atom stereocenters. The van der Waals surface area contributed by atoms with Gasteiger partial charge < -0.3 is 5.32 Å². The van der Waals surface area contributed by atoms with Gasteiger partial charge in [0, 0.05) is 24.2 Å². The van der Waals surface area contributed by atoms with Crippen molar-refractivity contribution in [2.24, 2.45) is 11.8 Å². The molecule has 0 spiro atoms. The average Bonchev–Trinajstić information content (AvgIpc) is 3.32. The lowest BCUT2D eigenvalue weighted by Crippen LogP contribution is -2.42. The summed E-state index contributed by atoms with van der Waals surface area (Å²) in [6.07, 6.45) is 7.72. The number of nitrogens with zero attached hydrogens (tertiary/aromatic N) is 2. The zero-order valence-electron chi connectivity index (χ0n) is 17.2. The Hall–Kier alpha value is -2.34. The van der Waals surface area contributed by atoms with Gasteiger partial charge in [-0.05, 0) is 62.9 Å². The summed E-state index contributed by atoms with van der Waals surface area (Å²) < 4.78 is 27.5. The first-order valence-electron chi connectivity index (χ1n) is 11.0. The lowest BCUT2D eigenvalue weighted by Gasteiger charge is -2.36. The molecule has 1 aliphatic heterocycles. The monoisotopic (exact) mass is 413 g/mol. The Bertz CT molecular complexity index is 847. The summed E-state index contributed by atoms with van der Waals surface area (Å²) in [6.45, 7) is 1.96. The second-order valence-electron chi connectivity index (χ2n) is 8.55. The fraction of sp³-hybridized carbons (Fsp3) is 0.500. The number of amides is 1. The fourth-order valence-electron chi connectivity index (χ4n) is 4.81. The van der Waals surface area contributed by atoms with Crippen LogP contribution in [0.5, 0.6) is 0 Å². The quantitative estimate of drug-likeness (QED) is 0.752. The molecule has 1 saturated heterocycles. The van der Waals surface area contributed by atoms with Crippen LogP contribution in [0.1, 0.15) is 55.8 Å². The number of rotatable bonds is 6. The second-order valence-corrected chi connectivity index (χ2v) is 8.55. The van der Waals surface area contributed by atoms with Gasteiger partial charge in [-0.25, -0.2) is 8.78 Å². The van der Waals surface area contributed by atoms with Gasteiger partial charge in [-0.3, -0.25) is 14.7 Å². The lowest BCUT2D eigenvalue weighted by atomic mass is 9.86. The largest absolute Gasteiger partial charge is 0.347 e. The van der Waals surface area contributed by atoms with E-state index in [-0.39, 0.29) is 23.8 Å². The number of nitrogens with one attached hydrogen (secondary N) is 1. The third-order valence-electron chi connectivity index (χ3n) is 6.56. The molecule has 0 bridgehead atoms. The summed E-state index contributed by atoms with van der Waals surface area (Å²) in [5.74, 6) is -1.01. The van der Waals surface area contributed by atoms with E-state index >= 15 is 0 Å². The van der Waals surface area contributed by atoms with Gasteiger partial charge in [0.2, 0.25) is 5.91 Å². The number of carbonyl (C=O) groups excluding carboxylic acids is 1. The van der Waals surface area contributed by atoms with Gasteiger partial charge in [-0.15, -0.1) is 0 Å². The van der Waals surface area contributed by atoms with Crippen LogP contribution in [0.25, 0.3) is 0 Å². The van der Waals surface area contributed by atoms with E-state index < -0.39 is 11.6 Å². The minimum Gasteiger partial charge on any atom is -0.347 e. The van der Waals surface area contributed by atoms with Gasteiger partial charge in [-0.1, -0.05) is 31.0 Å². The summed E-state index contributed by atoms with van der Waals surface area (Å²) in [5, 5.41) is 3.30. The van der Waals surface area contributed by atoms with Gasteiger partial charge in [0.25, 0.3) is 0 Å². The zero-order valence-corrected chi connectivity index (χ0v) is 17.2. The molecule has 1 aliphatic carbocycles. The van der Waals surface area contributed by atoms with E-state index in [1.54, 1.807) is 18.3 Å². The van der Waals surface area contributed by atoms with Crippen molar-refractivity contribution in [3.05, 3.63) is 65.5 Å². The molecule has 1 aromatic carbocycles. The molecule has 160 valence electrons. The molecule has 4 rings (SSSR count). The van der Waals surface area contributed by atoms with E-state index in [2.05, 4.69) is 15.2 Å². The molecule has 2 fully saturated rings. The van der Waals surface area contributed by atoms with Crippen LogP contribution in [0.15, 0.2) is 42.6 Å². The van der Waals surface area contributed by atoms with Gasteiger partial charge in [0.05, 0.1) is 11.7 Å². The zero-order chi connectivity index (χ0) is 20.9. The highest BCUT2D eigenvalue weighted by Crippen LogP contribution is 2.32. The van der Waals surface area contributed by atoms with Crippen molar-refractivity contribution in [2.45, 2.75) is 51.1 Å². The summed E-state index contributed by atoms with van der Waals surface area (Å²) in [5.41, 5.74) is 1.29. The fourth-order valence-corrected chi connectivity index (χ4v) is 4.81. The van der Waals surface area contributed by atoms with E-state index in [0.717, 1.165) is 63.4 Å². The third-order valence-corrected chi connectivity index (χ3v) is 6.56. The first-order valence-corrected chi connectivity index (χ1v) is 11.0. The third kappa shape index (κ3) is 4.86. The van der Waals surface area contributed by atoms with E-state index in [0.29, 0.717) is 12.1 Å². The van der Waals surface area contributed by atoms with E-state index in [1.807, 2.05) is 18.2 Å². The van der Waals surface area contributed by atoms with E-state index in [1.165, 1.54) is 0 Å². The maximum absolute atomic E-state index is 14.0. The molecular formula is C24H29F2N3O.